The van der Waals surface area contributed by atoms with Crippen molar-refractivity contribution in [1.82, 2.24) is 4.90 Å². The molecule has 0 aromatic rings. The number of carbonyl (C=O) groups is 1. The lowest BCUT2D eigenvalue weighted by atomic mass is 9.86. The molecule has 3 unspecified atom stereocenters. The molecule has 3 atom stereocenters. The molecule has 2 saturated carbocycles. The standard InChI is InChI=1S/C16H25NO3/c18-15(11-14-10-12-1-2-13(14)9-12)17-5-3-16(4-6-17)19-7-8-20-16/h12-14H,1-11H2. The highest BCUT2D eigenvalue weighted by Gasteiger charge is 2.43. The Kier molecular flexibility index (Phi) is 3.26. The second kappa shape index (κ2) is 4.99. The number of likely N-dealkylation sites (tertiary alicyclic amines) is 1. The van der Waals surface area contributed by atoms with Crippen LogP contribution in [0.2, 0.25) is 0 Å². The van der Waals surface area contributed by atoms with Gasteiger partial charge in [0.1, 0.15) is 0 Å². The fraction of sp³-hybridized carbons (Fsp3) is 0.938. The number of rotatable bonds is 2. The minimum atomic E-state index is -0.358. The first kappa shape index (κ1) is 13.1. The third kappa shape index (κ3) is 2.27. The van der Waals surface area contributed by atoms with Gasteiger partial charge in [0.25, 0.3) is 0 Å². The van der Waals surface area contributed by atoms with E-state index >= 15 is 0 Å². The van der Waals surface area contributed by atoms with Crippen LogP contribution in [-0.2, 0) is 14.3 Å². The molecule has 2 heterocycles. The summed E-state index contributed by atoms with van der Waals surface area (Å²) in [4.78, 5) is 14.5. The number of hydrogen-bond donors (Lipinski definition) is 0. The van der Waals surface area contributed by atoms with E-state index in [1.54, 1.807) is 0 Å². The first-order chi connectivity index (χ1) is 9.74. The highest BCUT2D eigenvalue weighted by molar-refractivity contribution is 5.76. The summed E-state index contributed by atoms with van der Waals surface area (Å²) in [5, 5.41) is 0. The zero-order valence-electron chi connectivity index (χ0n) is 12.2. The number of amides is 1. The fourth-order valence-corrected chi connectivity index (χ4v) is 4.86. The maximum Gasteiger partial charge on any atom is 0.222 e. The van der Waals surface area contributed by atoms with Gasteiger partial charge in [-0.15, -0.1) is 0 Å². The van der Waals surface area contributed by atoms with Gasteiger partial charge < -0.3 is 14.4 Å². The van der Waals surface area contributed by atoms with Gasteiger partial charge in [0.05, 0.1) is 13.2 Å². The molecule has 1 spiro atoms. The van der Waals surface area contributed by atoms with E-state index in [2.05, 4.69) is 0 Å². The topological polar surface area (TPSA) is 38.8 Å². The van der Waals surface area contributed by atoms with Crippen molar-refractivity contribution in [3.8, 4) is 0 Å². The fourth-order valence-electron chi connectivity index (χ4n) is 4.86. The molecule has 0 N–H and O–H groups in total. The summed E-state index contributed by atoms with van der Waals surface area (Å²) >= 11 is 0. The van der Waals surface area contributed by atoms with Gasteiger partial charge in [0.2, 0.25) is 5.91 Å². The normalized spacial score (nSPS) is 38.8. The van der Waals surface area contributed by atoms with Crippen LogP contribution in [-0.4, -0.2) is 42.9 Å². The lowest BCUT2D eigenvalue weighted by Gasteiger charge is -2.38. The number of hydrogen-bond acceptors (Lipinski definition) is 3. The number of carbonyl (C=O) groups excluding carboxylic acids is 1. The zero-order valence-corrected chi connectivity index (χ0v) is 12.2. The summed E-state index contributed by atoms with van der Waals surface area (Å²) in [5.74, 6) is 2.47. The first-order valence-corrected chi connectivity index (χ1v) is 8.30. The van der Waals surface area contributed by atoms with E-state index in [4.69, 9.17) is 9.47 Å². The van der Waals surface area contributed by atoms with Gasteiger partial charge in [-0.2, -0.15) is 0 Å². The largest absolute Gasteiger partial charge is 0.347 e. The lowest BCUT2D eigenvalue weighted by molar-refractivity contribution is -0.187. The molecule has 1 amide bonds. The molecule has 2 saturated heterocycles. The van der Waals surface area contributed by atoms with Gasteiger partial charge in [-0.1, -0.05) is 6.42 Å². The van der Waals surface area contributed by atoms with Crippen molar-refractivity contribution in [1.29, 1.82) is 0 Å². The highest BCUT2D eigenvalue weighted by Crippen LogP contribution is 2.49. The zero-order chi connectivity index (χ0) is 13.6. The Hall–Kier alpha value is -0.610. The Balaban J connectivity index is 1.29. The third-order valence-corrected chi connectivity index (χ3v) is 6.01. The maximum atomic E-state index is 12.5. The Morgan fingerprint density at radius 2 is 1.85 bits per heavy atom. The smallest absolute Gasteiger partial charge is 0.222 e. The van der Waals surface area contributed by atoms with Crippen LogP contribution in [0.25, 0.3) is 0 Å². The highest BCUT2D eigenvalue weighted by atomic mass is 16.7. The van der Waals surface area contributed by atoms with Crippen molar-refractivity contribution in [2.45, 2.75) is 50.7 Å². The number of piperidine rings is 1. The van der Waals surface area contributed by atoms with E-state index in [9.17, 15) is 4.79 Å². The van der Waals surface area contributed by atoms with Crippen molar-refractivity contribution in [3.63, 3.8) is 0 Å². The summed E-state index contributed by atoms with van der Waals surface area (Å²) in [7, 11) is 0. The van der Waals surface area contributed by atoms with Crippen molar-refractivity contribution >= 4 is 5.91 Å². The van der Waals surface area contributed by atoms with E-state index < -0.39 is 0 Å². The molecule has 0 radical (unpaired) electrons. The van der Waals surface area contributed by atoms with E-state index in [1.165, 1.54) is 25.7 Å². The summed E-state index contributed by atoms with van der Waals surface area (Å²) < 4.78 is 11.4. The van der Waals surface area contributed by atoms with Gasteiger partial charge in [-0.05, 0) is 37.0 Å². The van der Waals surface area contributed by atoms with Crippen LogP contribution in [0.5, 0.6) is 0 Å². The molecular weight excluding hydrogens is 254 g/mol. The molecular formula is C16H25NO3. The minimum Gasteiger partial charge on any atom is -0.347 e. The molecule has 0 aromatic heterocycles. The molecule has 4 aliphatic rings. The van der Waals surface area contributed by atoms with Crippen molar-refractivity contribution in [2.24, 2.45) is 17.8 Å². The van der Waals surface area contributed by atoms with Gasteiger partial charge in [-0.25, -0.2) is 0 Å². The first-order valence-electron chi connectivity index (χ1n) is 8.30. The van der Waals surface area contributed by atoms with E-state index in [-0.39, 0.29) is 5.79 Å². The average Bonchev–Trinajstić information content (AvgIpc) is 3.17. The van der Waals surface area contributed by atoms with Crippen LogP contribution in [0.1, 0.15) is 44.9 Å². The monoisotopic (exact) mass is 279 g/mol. The van der Waals surface area contributed by atoms with Crippen LogP contribution < -0.4 is 0 Å². The Morgan fingerprint density at radius 1 is 1.10 bits per heavy atom. The second-order valence-corrected chi connectivity index (χ2v) is 7.13. The molecule has 4 heteroatoms. The summed E-state index contributed by atoms with van der Waals surface area (Å²) in [6.07, 6.45) is 7.95. The lowest BCUT2D eigenvalue weighted by Crippen LogP contribution is -2.47. The van der Waals surface area contributed by atoms with Crippen LogP contribution in [0.3, 0.4) is 0 Å². The van der Waals surface area contributed by atoms with Crippen LogP contribution in [0.15, 0.2) is 0 Å². The molecule has 112 valence electrons. The van der Waals surface area contributed by atoms with E-state index in [0.717, 1.165) is 44.2 Å². The third-order valence-electron chi connectivity index (χ3n) is 6.01. The van der Waals surface area contributed by atoms with Crippen molar-refractivity contribution in [3.05, 3.63) is 0 Å². The predicted octanol–water partition coefficient (Wildman–Crippen LogP) is 2.18. The SMILES string of the molecule is O=C(CC1CC2CCC1C2)N1CCC2(CC1)OCCO2. The summed E-state index contributed by atoms with van der Waals surface area (Å²) in [6.45, 7) is 3.03. The molecule has 2 bridgehead atoms. The summed E-state index contributed by atoms with van der Waals surface area (Å²) in [6, 6.07) is 0. The van der Waals surface area contributed by atoms with Gasteiger partial charge in [0.15, 0.2) is 5.79 Å². The van der Waals surface area contributed by atoms with Gasteiger partial charge >= 0.3 is 0 Å². The van der Waals surface area contributed by atoms with Crippen LogP contribution >= 0.6 is 0 Å². The molecule has 20 heavy (non-hydrogen) atoms. The minimum absolute atomic E-state index is 0.358. The molecule has 0 aromatic carbocycles. The Labute approximate surface area is 120 Å². The molecule has 2 aliphatic heterocycles. The average molecular weight is 279 g/mol. The molecule has 4 rings (SSSR count). The van der Waals surface area contributed by atoms with Gasteiger partial charge in [-0.3, -0.25) is 4.79 Å². The van der Waals surface area contributed by atoms with Crippen molar-refractivity contribution < 1.29 is 14.3 Å². The molecule has 4 nitrogen and oxygen atoms in total. The Morgan fingerprint density at radius 3 is 2.45 bits per heavy atom. The summed E-state index contributed by atoms with van der Waals surface area (Å²) in [5.41, 5.74) is 0. The van der Waals surface area contributed by atoms with E-state index in [0.29, 0.717) is 25.0 Å². The maximum absolute atomic E-state index is 12.5. The van der Waals surface area contributed by atoms with Crippen molar-refractivity contribution in [2.75, 3.05) is 26.3 Å². The van der Waals surface area contributed by atoms with Crippen LogP contribution in [0, 0.1) is 17.8 Å². The number of fused-ring (bicyclic) bond motifs is 2. The number of ether oxygens (including phenoxy) is 2. The Bertz CT molecular complexity index is 381. The molecule has 4 fully saturated rings. The van der Waals surface area contributed by atoms with Crippen LogP contribution in [0.4, 0.5) is 0 Å². The quantitative estimate of drug-likeness (QED) is 0.777. The predicted molar refractivity (Wildman–Crippen MR) is 74.0 cm³/mol. The molecule has 2 aliphatic carbocycles. The van der Waals surface area contributed by atoms with Gasteiger partial charge in [0, 0.05) is 32.4 Å². The van der Waals surface area contributed by atoms with E-state index in [1.807, 2.05) is 4.90 Å². The number of nitrogens with zero attached hydrogens (tertiary/aromatic N) is 1. The second-order valence-electron chi connectivity index (χ2n) is 7.13.